The number of carbonyl (C=O) groups is 3. The van der Waals surface area contributed by atoms with E-state index in [-0.39, 0.29) is 34.3 Å². The number of ether oxygens (including phenoxy) is 7. The predicted molar refractivity (Wildman–Crippen MR) is 197 cm³/mol. The molecule has 2 fully saturated rings. The summed E-state index contributed by atoms with van der Waals surface area (Å²) in [5.41, 5.74) is 0.774. The van der Waals surface area contributed by atoms with Crippen LogP contribution in [0.25, 0.3) is 12.2 Å². The fraction of sp³-hybridized carbons (Fsp3) is 0.359. The maximum atomic E-state index is 12.5. The number of aliphatic hydroxyl groups excluding tert-OH is 6. The number of aliphatic hydroxyl groups is 7. The van der Waals surface area contributed by atoms with Crippen LogP contribution in [0.2, 0.25) is 0 Å². The largest absolute Gasteiger partial charge is 0.571 e. The number of fused-ring (bicyclic) bond motifs is 1. The molecular formula is C39H41O21+. The molecule has 60 heavy (non-hydrogen) atoms. The third kappa shape index (κ3) is 9.98. The predicted octanol–water partition coefficient (Wildman–Crippen LogP) is -0.869. The monoisotopic (exact) mass is 845 g/mol. The Morgan fingerprint density at radius 3 is 1.92 bits per heavy atom. The minimum absolute atomic E-state index is 0.0452. The van der Waals surface area contributed by atoms with Crippen LogP contribution in [0.3, 0.4) is 0 Å². The van der Waals surface area contributed by atoms with Crippen molar-refractivity contribution in [2.75, 3.05) is 13.2 Å². The summed E-state index contributed by atoms with van der Waals surface area (Å²) in [6, 6.07) is 11.8. The van der Waals surface area contributed by atoms with Crippen molar-refractivity contribution in [1.82, 2.24) is 0 Å². The number of benzene rings is 3. The maximum absolute atomic E-state index is 12.5. The molecule has 0 bridgehead atoms. The molecule has 0 aliphatic carbocycles. The van der Waals surface area contributed by atoms with Gasteiger partial charge in [0.25, 0.3) is 11.9 Å². The molecule has 11 atom stereocenters. The molecule has 3 heterocycles. The number of phenols is 4. The first-order chi connectivity index (χ1) is 28.5. The Morgan fingerprint density at radius 2 is 1.30 bits per heavy atom. The molecule has 12 N–H and O–H groups in total. The van der Waals surface area contributed by atoms with E-state index in [1.807, 2.05) is 0 Å². The van der Waals surface area contributed by atoms with E-state index in [0.717, 1.165) is 12.1 Å². The summed E-state index contributed by atoms with van der Waals surface area (Å²) in [4.78, 5) is 35.2. The lowest BCUT2D eigenvalue weighted by Crippen LogP contribution is -2.60. The summed E-state index contributed by atoms with van der Waals surface area (Å²) in [6.07, 6.45) is -16.4. The van der Waals surface area contributed by atoms with E-state index in [0.29, 0.717) is 11.1 Å². The minimum Gasteiger partial charge on any atom is -0.571 e. The number of hydrogen-bond acceptors (Lipinski definition) is 19. The lowest BCUT2D eigenvalue weighted by molar-refractivity contribution is -0.296. The van der Waals surface area contributed by atoms with Gasteiger partial charge >= 0.3 is 17.9 Å². The third-order valence-corrected chi connectivity index (χ3v) is 9.48. The first kappa shape index (κ1) is 43.4. The van der Waals surface area contributed by atoms with Crippen LogP contribution in [0.4, 0.5) is 0 Å². The quantitative estimate of drug-likeness (QED) is 0.0327. The SMILES string of the molecule is O=C(O)CC(=O)OC[C@H]1O[C@@H](Oc2cc(O)cc3c2C=C(O[C@@H]2O[C@H](COC(=O)/C=C/c4ccc(O)c(O)c4)[C@@H](O)[C@@H](O)[C@@H]2O)C(c2ccc(O)cc2)[OH+]3)[C@H](O)[C@@H](O)[C@@H]1O. The Kier molecular flexibility index (Phi) is 13.3. The van der Waals surface area contributed by atoms with Crippen molar-refractivity contribution in [3.05, 3.63) is 83.1 Å². The highest BCUT2D eigenvalue weighted by Crippen LogP contribution is 2.46. The zero-order chi connectivity index (χ0) is 43.4. The van der Waals surface area contributed by atoms with Crippen molar-refractivity contribution in [3.63, 3.8) is 0 Å². The Hall–Kier alpha value is -6.17. The highest BCUT2D eigenvalue weighted by molar-refractivity contribution is 5.90. The molecule has 0 radical (unpaired) electrons. The van der Waals surface area contributed by atoms with Crippen LogP contribution in [0, 0.1) is 0 Å². The molecule has 2 saturated heterocycles. The number of carboxylic acids is 1. The average Bonchev–Trinajstić information content (AvgIpc) is 3.20. The van der Waals surface area contributed by atoms with Gasteiger partial charge in [0.15, 0.2) is 17.3 Å². The molecule has 6 rings (SSSR count). The average molecular weight is 846 g/mol. The number of esters is 2. The Balaban J connectivity index is 1.25. The molecule has 21 nitrogen and oxygen atoms in total. The van der Waals surface area contributed by atoms with Crippen molar-refractivity contribution in [2.24, 2.45) is 0 Å². The van der Waals surface area contributed by atoms with Crippen LogP contribution in [0.15, 0.2) is 66.4 Å². The van der Waals surface area contributed by atoms with Gasteiger partial charge in [-0.3, -0.25) is 9.59 Å². The highest BCUT2D eigenvalue weighted by atomic mass is 16.7. The van der Waals surface area contributed by atoms with Gasteiger partial charge in [-0.05, 0) is 48.0 Å². The molecule has 21 heteroatoms. The van der Waals surface area contributed by atoms with Gasteiger partial charge in [0.05, 0.1) is 11.6 Å². The second-order valence-corrected chi connectivity index (χ2v) is 13.8. The van der Waals surface area contributed by atoms with E-state index < -0.39 is 117 Å². The Labute approximate surface area is 338 Å². The summed E-state index contributed by atoms with van der Waals surface area (Å²) >= 11 is 0. The van der Waals surface area contributed by atoms with Gasteiger partial charge < -0.3 is 89.3 Å². The first-order valence-corrected chi connectivity index (χ1v) is 18.0. The molecule has 3 aliphatic rings. The normalized spacial score (nSPS) is 28.8. The van der Waals surface area contributed by atoms with Gasteiger partial charge in [-0.1, -0.05) is 6.07 Å². The van der Waals surface area contributed by atoms with Crippen molar-refractivity contribution in [2.45, 2.75) is 73.9 Å². The molecule has 322 valence electrons. The minimum atomic E-state index is -1.93. The number of aromatic hydroxyl groups is 5. The van der Waals surface area contributed by atoms with E-state index in [2.05, 4.69) is 4.74 Å². The summed E-state index contributed by atoms with van der Waals surface area (Å²) in [5, 5.41) is 113. The van der Waals surface area contributed by atoms with Crippen molar-refractivity contribution < 1.29 is 104 Å². The molecule has 3 aromatic rings. The van der Waals surface area contributed by atoms with E-state index in [1.54, 1.807) is 0 Å². The number of rotatable bonds is 13. The third-order valence-electron chi connectivity index (χ3n) is 9.48. The zero-order valence-corrected chi connectivity index (χ0v) is 30.9. The van der Waals surface area contributed by atoms with Crippen molar-refractivity contribution in [1.29, 1.82) is 0 Å². The maximum Gasteiger partial charge on any atom is 0.330 e. The molecule has 3 aromatic carbocycles. The summed E-state index contributed by atoms with van der Waals surface area (Å²) in [7, 11) is 0. The summed E-state index contributed by atoms with van der Waals surface area (Å²) < 4.78 is 38.1. The smallest absolute Gasteiger partial charge is 0.330 e. The number of carboxylic acid groups (broad SMARTS) is 1. The van der Waals surface area contributed by atoms with Gasteiger partial charge in [0.1, 0.15) is 91.3 Å². The number of carbonyl (C=O) groups excluding carboxylic acids is 2. The molecule has 0 spiro atoms. The van der Waals surface area contributed by atoms with Crippen LogP contribution in [0.1, 0.15) is 29.2 Å². The summed E-state index contributed by atoms with van der Waals surface area (Å²) in [6.45, 7) is -1.40. The Bertz CT molecular complexity index is 2100. The fourth-order valence-corrected chi connectivity index (χ4v) is 6.30. The van der Waals surface area contributed by atoms with Gasteiger partial charge in [0.2, 0.25) is 12.6 Å². The molecule has 0 aromatic heterocycles. The van der Waals surface area contributed by atoms with Gasteiger partial charge in [-0.25, -0.2) is 4.79 Å². The van der Waals surface area contributed by atoms with Crippen LogP contribution in [-0.4, -0.2) is 153 Å². The molecule has 0 amide bonds. The lowest BCUT2D eigenvalue weighted by atomic mass is 9.98. The second kappa shape index (κ2) is 18.4. The van der Waals surface area contributed by atoms with Crippen LogP contribution < -0.4 is 4.74 Å². The number of aliphatic carboxylic acids is 1. The Morgan fingerprint density at radius 1 is 0.683 bits per heavy atom. The standard InChI is InChI=1S/C39H40O21/c40-18-5-3-17(4-6-18)37-25(58-39-36(53)34(51)31(48)26(60-39)14-54-29(46)8-2-16-1-7-21(42)22(43)9-16)12-20-23(56-37)10-19(41)11-24(20)57-38-35(52)33(50)32(49)27(59-38)15-55-30(47)13-28(44)45/h1-12,26-27,31-43,48-53H,13-15H2,(H,44,45)/p+1/b8-2+/t26-,27-,31-,32-,33+,34-,35-,36+,37?,38-,39-/m1/s1. The second-order valence-electron chi connectivity index (χ2n) is 13.8. The van der Waals surface area contributed by atoms with E-state index in [9.17, 15) is 65.4 Å². The van der Waals surface area contributed by atoms with Gasteiger partial charge in [0, 0.05) is 18.2 Å². The number of hydrogen-bond donors (Lipinski definition) is 11. The van der Waals surface area contributed by atoms with E-state index in [1.165, 1.54) is 60.7 Å². The first-order valence-electron chi connectivity index (χ1n) is 18.0. The molecule has 1 unspecified atom stereocenters. The molecule has 3 aliphatic heterocycles. The zero-order valence-electron chi connectivity index (χ0n) is 30.9. The topological polar surface area (TPSA) is 342 Å². The summed E-state index contributed by atoms with van der Waals surface area (Å²) in [5.74, 6) is -5.20. The van der Waals surface area contributed by atoms with Crippen LogP contribution in [-0.2, 0) is 38.1 Å². The van der Waals surface area contributed by atoms with Gasteiger partial charge in [-0.15, -0.1) is 0 Å². The molecule has 0 saturated carbocycles. The van der Waals surface area contributed by atoms with Crippen LogP contribution in [0.5, 0.6) is 34.5 Å². The fourth-order valence-electron chi connectivity index (χ4n) is 6.30. The van der Waals surface area contributed by atoms with Crippen molar-refractivity contribution in [3.8, 4) is 34.5 Å². The van der Waals surface area contributed by atoms with E-state index >= 15 is 0 Å². The molecular weight excluding hydrogens is 804 g/mol. The van der Waals surface area contributed by atoms with Crippen molar-refractivity contribution >= 4 is 30.1 Å². The highest BCUT2D eigenvalue weighted by Gasteiger charge is 2.48. The van der Waals surface area contributed by atoms with Gasteiger partial charge in [-0.2, -0.15) is 0 Å². The number of phenolic OH excluding ortho intramolecular Hbond substituents is 4. The van der Waals surface area contributed by atoms with Crippen LogP contribution >= 0.6 is 0 Å². The lowest BCUT2D eigenvalue weighted by Gasteiger charge is -2.41. The van der Waals surface area contributed by atoms with E-state index in [4.69, 9.17) is 33.5 Å².